The zero-order valence-corrected chi connectivity index (χ0v) is 16.3. The van der Waals surface area contributed by atoms with Gasteiger partial charge in [-0.3, -0.25) is 9.88 Å². The SMILES string of the molecule is FC(F)(F)c1ccccc1CN1[C@@H]2CNC[C@H]1C2c1ccc(-c2ccncc2)cc1. The van der Waals surface area contributed by atoms with Crippen molar-refractivity contribution in [3.63, 3.8) is 0 Å². The van der Waals surface area contributed by atoms with Crippen molar-refractivity contribution in [1.29, 1.82) is 0 Å². The van der Waals surface area contributed by atoms with Crippen LogP contribution in [0.5, 0.6) is 0 Å². The Kier molecular flexibility index (Phi) is 4.83. The Hall–Kier alpha value is -2.70. The highest BCUT2D eigenvalue weighted by Crippen LogP contribution is 2.44. The molecule has 154 valence electrons. The number of benzene rings is 2. The number of piperidine rings is 1. The molecule has 1 aromatic heterocycles. The van der Waals surface area contributed by atoms with Gasteiger partial charge in [0, 0.05) is 50.0 Å². The summed E-state index contributed by atoms with van der Waals surface area (Å²) < 4.78 is 40.2. The fourth-order valence-electron chi connectivity index (χ4n) is 4.93. The maximum Gasteiger partial charge on any atom is 0.416 e. The summed E-state index contributed by atoms with van der Waals surface area (Å²) in [6, 6.07) is 18.9. The molecule has 1 unspecified atom stereocenters. The van der Waals surface area contributed by atoms with Crippen molar-refractivity contribution in [3.05, 3.63) is 89.7 Å². The summed E-state index contributed by atoms with van der Waals surface area (Å²) in [5.41, 5.74) is 3.34. The van der Waals surface area contributed by atoms with Crippen molar-refractivity contribution in [2.45, 2.75) is 30.7 Å². The molecule has 3 aromatic rings. The Bertz CT molecular complexity index is 1010. The van der Waals surface area contributed by atoms with Crippen LogP contribution in [-0.2, 0) is 12.7 Å². The van der Waals surface area contributed by atoms with E-state index in [4.69, 9.17) is 0 Å². The predicted molar refractivity (Wildman–Crippen MR) is 110 cm³/mol. The van der Waals surface area contributed by atoms with E-state index in [9.17, 15) is 13.2 Å². The van der Waals surface area contributed by atoms with Gasteiger partial charge in [0.25, 0.3) is 0 Å². The van der Waals surface area contributed by atoms with E-state index in [-0.39, 0.29) is 12.1 Å². The molecule has 2 aromatic carbocycles. The highest BCUT2D eigenvalue weighted by molar-refractivity contribution is 5.63. The number of halogens is 3. The first kappa shape index (κ1) is 19.3. The Labute approximate surface area is 173 Å². The van der Waals surface area contributed by atoms with Gasteiger partial charge in [-0.2, -0.15) is 13.2 Å². The first-order chi connectivity index (χ1) is 14.5. The molecular weight excluding hydrogens is 387 g/mol. The first-order valence-electron chi connectivity index (χ1n) is 10.1. The van der Waals surface area contributed by atoms with E-state index < -0.39 is 11.7 Å². The zero-order chi connectivity index (χ0) is 20.7. The molecule has 5 rings (SSSR count). The number of pyridine rings is 1. The average molecular weight is 409 g/mol. The summed E-state index contributed by atoms with van der Waals surface area (Å²) in [7, 11) is 0. The molecule has 2 bridgehead atoms. The maximum atomic E-state index is 13.4. The van der Waals surface area contributed by atoms with Gasteiger partial charge in [-0.1, -0.05) is 42.5 Å². The number of aromatic nitrogens is 1. The van der Waals surface area contributed by atoms with Gasteiger partial charge in [-0.25, -0.2) is 0 Å². The highest BCUT2D eigenvalue weighted by atomic mass is 19.4. The van der Waals surface area contributed by atoms with Gasteiger partial charge < -0.3 is 5.32 Å². The van der Waals surface area contributed by atoms with E-state index in [1.807, 2.05) is 12.1 Å². The second-order valence-corrected chi connectivity index (χ2v) is 8.00. The van der Waals surface area contributed by atoms with E-state index in [1.54, 1.807) is 24.5 Å². The van der Waals surface area contributed by atoms with Gasteiger partial charge in [0.05, 0.1) is 5.56 Å². The number of nitrogens with zero attached hydrogens (tertiary/aromatic N) is 2. The second-order valence-electron chi connectivity index (χ2n) is 8.00. The quantitative estimate of drug-likeness (QED) is 0.677. The van der Waals surface area contributed by atoms with Crippen LogP contribution in [0, 0.1) is 0 Å². The van der Waals surface area contributed by atoms with Crippen molar-refractivity contribution < 1.29 is 13.2 Å². The minimum absolute atomic E-state index is 0.205. The lowest BCUT2D eigenvalue weighted by molar-refractivity contribution is -0.139. The topological polar surface area (TPSA) is 28.2 Å². The average Bonchev–Trinajstić information content (AvgIpc) is 2.78. The first-order valence-corrected chi connectivity index (χ1v) is 10.1. The fraction of sp³-hybridized carbons (Fsp3) is 0.292. The normalized spacial score (nSPS) is 23.8. The van der Waals surface area contributed by atoms with E-state index >= 15 is 0 Å². The molecule has 2 fully saturated rings. The van der Waals surface area contributed by atoms with Crippen LogP contribution in [0.3, 0.4) is 0 Å². The summed E-state index contributed by atoms with van der Waals surface area (Å²) in [6.07, 6.45) is -0.763. The number of hydrogen-bond acceptors (Lipinski definition) is 3. The van der Waals surface area contributed by atoms with Crippen LogP contribution in [0.4, 0.5) is 13.2 Å². The lowest BCUT2D eigenvalue weighted by Gasteiger charge is -2.59. The molecular formula is C24H22F3N3. The second kappa shape index (κ2) is 7.52. The van der Waals surface area contributed by atoms with E-state index in [0.717, 1.165) is 24.2 Å². The lowest BCUT2D eigenvalue weighted by Crippen LogP contribution is -2.72. The van der Waals surface area contributed by atoms with Crippen molar-refractivity contribution in [3.8, 4) is 11.1 Å². The Morgan fingerprint density at radius 1 is 0.867 bits per heavy atom. The van der Waals surface area contributed by atoms with E-state index in [1.165, 1.54) is 17.7 Å². The third-order valence-electron chi connectivity index (χ3n) is 6.37. The van der Waals surface area contributed by atoms with Crippen molar-refractivity contribution in [2.75, 3.05) is 13.1 Å². The number of hydrogen-bond donors (Lipinski definition) is 1. The molecule has 30 heavy (non-hydrogen) atoms. The Morgan fingerprint density at radius 2 is 1.50 bits per heavy atom. The molecule has 2 aliphatic rings. The molecule has 3 heterocycles. The molecule has 1 N–H and O–H groups in total. The van der Waals surface area contributed by atoms with Crippen molar-refractivity contribution in [1.82, 2.24) is 15.2 Å². The monoisotopic (exact) mass is 409 g/mol. The molecule has 2 aliphatic heterocycles. The molecule has 0 aliphatic carbocycles. The number of rotatable bonds is 4. The third-order valence-corrected chi connectivity index (χ3v) is 6.37. The molecule has 3 atom stereocenters. The molecule has 0 saturated carbocycles. The largest absolute Gasteiger partial charge is 0.416 e. The molecule has 2 saturated heterocycles. The Balaban J connectivity index is 1.36. The van der Waals surface area contributed by atoms with Crippen LogP contribution >= 0.6 is 0 Å². The van der Waals surface area contributed by atoms with E-state index in [2.05, 4.69) is 39.5 Å². The summed E-state index contributed by atoms with van der Waals surface area (Å²) in [5, 5.41) is 3.41. The van der Waals surface area contributed by atoms with Gasteiger partial charge in [0.2, 0.25) is 0 Å². The van der Waals surface area contributed by atoms with Crippen LogP contribution in [0.25, 0.3) is 11.1 Å². The predicted octanol–water partition coefficient (Wildman–Crippen LogP) is 4.71. The van der Waals surface area contributed by atoms with Crippen LogP contribution < -0.4 is 5.32 Å². The third kappa shape index (κ3) is 3.40. The number of alkyl halides is 3. The van der Waals surface area contributed by atoms with Gasteiger partial charge in [-0.15, -0.1) is 0 Å². The summed E-state index contributed by atoms with van der Waals surface area (Å²) >= 11 is 0. The molecule has 0 amide bonds. The molecule has 6 heteroatoms. The molecule has 3 nitrogen and oxygen atoms in total. The number of nitrogens with one attached hydrogen (secondary N) is 1. The van der Waals surface area contributed by atoms with Crippen LogP contribution in [0.1, 0.15) is 22.6 Å². The lowest BCUT2D eigenvalue weighted by atomic mass is 9.72. The number of fused-ring (bicyclic) bond motifs is 2. The Morgan fingerprint density at radius 3 is 2.17 bits per heavy atom. The summed E-state index contributed by atoms with van der Waals surface area (Å²) in [5.74, 6) is 0.343. The fourth-order valence-corrected chi connectivity index (χ4v) is 4.93. The standard InChI is InChI=1S/C24H22F3N3/c25-24(26,27)20-4-2-1-3-19(20)15-30-21-13-29-14-22(30)23(21)18-7-5-16(6-8-18)17-9-11-28-12-10-17/h1-12,21-23,29H,13-15H2/t21-,22+,23?. The molecule has 0 spiro atoms. The zero-order valence-electron chi connectivity index (χ0n) is 16.3. The van der Waals surface area contributed by atoms with Crippen LogP contribution in [0.15, 0.2) is 73.1 Å². The smallest absolute Gasteiger partial charge is 0.314 e. The van der Waals surface area contributed by atoms with Gasteiger partial charge >= 0.3 is 6.18 Å². The van der Waals surface area contributed by atoms with Crippen molar-refractivity contribution >= 4 is 0 Å². The van der Waals surface area contributed by atoms with Gasteiger partial charge in [0.15, 0.2) is 0 Å². The van der Waals surface area contributed by atoms with Crippen LogP contribution in [-0.4, -0.2) is 35.1 Å². The highest BCUT2D eigenvalue weighted by Gasteiger charge is 2.51. The van der Waals surface area contributed by atoms with Crippen molar-refractivity contribution in [2.24, 2.45) is 0 Å². The van der Waals surface area contributed by atoms with E-state index in [0.29, 0.717) is 18.0 Å². The van der Waals surface area contributed by atoms with Crippen LogP contribution in [0.2, 0.25) is 0 Å². The molecule has 0 radical (unpaired) electrons. The minimum Gasteiger partial charge on any atom is -0.314 e. The van der Waals surface area contributed by atoms with Gasteiger partial charge in [-0.05, 0) is 40.5 Å². The van der Waals surface area contributed by atoms with Gasteiger partial charge in [0.1, 0.15) is 0 Å². The summed E-state index contributed by atoms with van der Waals surface area (Å²) in [6.45, 7) is 1.92. The summed E-state index contributed by atoms with van der Waals surface area (Å²) in [4.78, 5) is 6.28. The minimum atomic E-state index is -4.32. The maximum absolute atomic E-state index is 13.4. The number of piperazine rings is 1.